The first-order valence-corrected chi connectivity index (χ1v) is 20.0. The number of aromatic nitrogens is 2. The van der Waals surface area contributed by atoms with E-state index in [1.54, 1.807) is 26.1 Å². The number of alkyl carbamates (subject to hydrolysis) is 1. The molecule has 1 fully saturated rings. The molecule has 2 aliphatic rings. The lowest BCUT2D eigenvalue weighted by atomic mass is 9.98. The summed E-state index contributed by atoms with van der Waals surface area (Å²) in [5.74, 6) is -1.78. The van der Waals surface area contributed by atoms with Crippen molar-refractivity contribution in [1.82, 2.24) is 14.9 Å². The molecule has 13 heteroatoms. The summed E-state index contributed by atoms with van der Waals surface area (Å²) in [4.78, 5) is 56.3. The van der Waals surface area contributed by atoms with Crippen LogP contribution in [-0.2, 0) is 35.0 Å². The highest BCUT2D eigenvalue weighted by molar-refractivity contribution is 6.26. The fraction of sp³-hybridized carbons (Fsp3) is 0.386. The molecule has 1 N–H and O–H groups in total. The number of amides is 1. The maximum absolute atomic E-state index is 13.4. The average Bonchev–Trinajstić information content (AvgIpc) is 3.91. The largest absolute Gasteiger partial charge is 0.461 e. The second-order valence-electron chi connectivity index (χ2n) is 14.8. The van der Waals surface area contributed by atoms with Gasteiger partial charge in [-0.15, -0.1) is 11.6 Å². The molecule has 2 aromatic heterocycles. The van der Waals surface area contributed by atoms with Crippen molar-refractivity contribution >= 4 is 40.7 Å². The molecule has 0 bridgehead atoms. The summed E-state index contributed by atoms with van der Waals surface area (Å²) < 4.78 is 30.3. The molecule has 0 saturated carbocycles. The van der Waals surface area contributed by atoms with Crippen LogP contribution in [0.25, 0.3) is 33.6 Å². The Hall–Kier alpha value is -5.46. The van der Waals surface area contributed by atoms with Crippen LogP contribution in [0.2, 0.25) is 0 Å². The van der Waals surface area contributed by atoms with Crippen LogP contribution in [0, 0.1) is 5.92 Å². The predicted octanol–water partition coefficient (Wildman–Crippen LogP) is 7.93. The minimum Gasteiger partial charge on any atom is -0.461 e. The Morgan fingerprint density at radius 3 is 2.32 bits per heavy atom. The standard InChI is InChI=1S/C44H46ClN3O9/c1-4-5-6-11-27-16-18-28(19-17-27)35-20-29-23-48(43(51)47-41(29)57-35)38-21-36(56-39(49)22-45)37(55-38)25-53-42(50)40(26(2)3)46-44(52)54-24-34-32-14-9-7-12-30(32)31-13-8-10-15-33(31)34/h7-10,12-20,23,26,34,36-38,40H,4-6,11,21-22,24-25H2,1-3H3,(H,46,52)/t36-,37+,38+,40?/m0/s1. The Balaban J connectivity index is 0.995. The van der Waals surface area contributed by atoms with E-state index in [9.17, 15) is 19.2 Å². The lowest BCUT2D eigenvalue weighted by Gasteiger charge is -2.23. The molecule has 1 aliphatic carbocycles. The fourth-order valence-electron chi connectivity index (χ4n) is 7.55. The summed E-state index contributed by atoms with van der Waals surface area (Å²) in [6.45, 7) is 5.46. The van der Waals surface area contributed by atoms with Crippen molar-refractivity contribution in [1.29, 1.82) is 0 Å². The van der Waals surface area contributed by atoms with Crippen molar-refractivity contribution in [3.8, 4) is 22.5 Å². The van der Waals surface area contributed by atoms with E-state index in [1.807, 2.05) is 48.5 Å². The fourth-order valence-corrected chi connectivity index (χ4v) is 7.62. The van der Waals surface area contributed by atoms with Crippen LogP contribution in [0.5, 0.6) is 0 Å². The summed E-state index contributed by atoms with van der Waals surface area (Å²) >= 11 is 5.75. The second kappa shape index (κ2) is 17.8. The molecule has 298 valence electrons. The Labute approximate surface area is 335 Å². The third-order valence-corrected chi connectivity index (χ3v) is 10.8. The van der Waals surface area contributed by atoms with Gasteiger partial charge in [0.05, 0.1) is 5.39 Å². The number of nitrogens with zero attached hydrogens (tertiary/aromatic N) is 2. The molecule has 1 aliphatic heterocycles. The maximum Gasteiger partial charge on any atom is 0.407 e. The molecule has 4 atom stereocenters. The Kier molecular flexibility index (Phi) is 12.4. The number of unbranched alkanes of at least 4 members (excludes halogenated alkanes) is 2. The van der Waals surface area contributed by atoms with Gasteiger partial charge in [-0.05, 0) is 52.6 Å². The summed E-state index contributed by atoms with van der Waals surface area (Å²) in [6.07, 6.45) is 2.61. The third-order valence-electron chi connectivity index (χ3n) is 10.6. The zero-order chi connectivity index (χ0) is 40.1. The quantitative estimate of drug-likeness (QED) is 0.0479. The van der Waals surface area contributed by atoms with Gasteiger partial charge in [-0.2, -0.15) is 4.98 Å². The van der Waals surface area contributed by atoms with E-state index in [4.69, 9.17) is 35.0 Å². The van der Waals surface area contributed by atoms with Crippen LogP contribution in [0.15, 0.2) is 94.3 Å². The first kappa shape index (κ1) is 39.8. The number of benzene rings is 3. The van der Waals surface area contributed by atoms with Crippen LogP contribution >= 0.6 is 11.6 Å². The molecule has 12 nitrogen and oxygen atoms in total. The van der Waals surface area contributed by atoms with Crippen LogP contribution < -0.4 is 11.0 Å². The molecule has 3 aromatic carbocycles. The van der Waals surface area contributed by atoms with Crippen molar-refractivity contribution in [2.24, 2.45) is 5.92 Å². The summed E-state index contributed by atoms with van der Waals surface area (Å²) in [7, 11) is 0. The number of carbonyl (C=O) groups is 3. The van der Waals surface area contributed by atoms with Crippen LogP contribution in [0.1, 0.15) is 75.3 Å². The number of fused-ring (bicyclic) bond motifs is 4. The van der Waals surface area contributed by atoms with Crippen molar-refractivity contribution in [3.63, 3.8) is 0 Å². The minimum absolute atomic E-state index is 0.0632. The maximum atomic E-state index is 13.4. The monoisotopic (exact) mass is 795 g/mol. The van der Waals surface area contributed by atoms with Gasteiger partial charge in [-0.1, -0.05) is 106 Å². The van der Waals surface area contributed by atoms with Gasteiger partial charge in [0.1, 0.15) is 49.3 Å². The Morgan fingerprint density at radius 1 is 0.947 bits per heavy atom. The molecule has 1 amide bonds. The minimum atomic E-state index is -1.05. The van der Waals surface area contributed by atoms with Gasteiger partial charge >= 0.3 is 23.7 Å². The smallest absolute Gasteiger partial charge is 0.407 e. The summed E-state index contributed by atoms with van der Waals surface area (Å²) in [5.41, 5.74) is 5.98. The van der Waals surface area contributed by atoms with Crippen LogP contribution in [0.4, 0.5) is 4.79 Å². The average molecular weight is 796 g/mol. The Morgan fingerprint density at radius 2 is 1.65 bits per heavy atom. The van der Waals surface area contributed by atoms with Crippen molar-refractivity contribution in [2.45, 2.75) is 83.3 Å². The lowest BCUT2D eigenvalue weighted by molar-refractivity contribution is -0.158. The highest BCUT2D eigenvalue weighted by Crippen LogP contribution is 2.44. The van der Waals surface area contributed by atoms with E-state index in [-0.39, 0.29) is 37.2 Å². The first-order chi connectivity index (χ1) is 27.6. The zero-order valence-corrected chi connectivity index (χ0v) is 32.9. The van der Waals surface area contributed by atoms with Crippen molar-refractivity contribution < 1.29 is 37.7 Å². The van der Waals surface area contributed by atoms with Crippen molar-refractivity contribution in [2.75, 3.05) is 19.1 Å². The molecule has 0 radical (unpaired) electrons. The van der Waals surface area contributed by atoms with E-state index < -0.39 is 54.1 Å². The topological polar surface area (TPSA) is 148 Å². The number of esters is 2. The van der Waals surface area contributed by atoms with E-state index >= 15 is 0 Å². The summed E-state index contributed by atoms with van der Waals surface area (Å²) in [6, 6.07) is 24.9. The molecule has 7 rings (SSSR count). The van der Waals surface area contributed by atoms with E-state index in [0.717, 1.165) is 47.1 Å². The number of ether oxygens (including phenoxy) is 4. The van der Waals surface area contributed by atoms with Crippen molar-refractivity contribution in [3.05, 3.63) is 112 Å². The number of rotatable bonds is 15. The molecule has 3 heterocycles. The first-order valence-electron chi connectivity index (χ1n) is 19.4. The number of aryl methyl sites for hydroxylation is 1. The van der Waals surface area contributed by atoms with Gasteiger partial charge in [0.15, 0.2) is 0 Å². The number of carbonyl (C=O) groups excluding carboxylic acids is 3. The molecular weight excluding hydrogens is 750 g/mol. The van der Waals surface area contributed by atoms with Gasteiger partial charge in [0.2, 0.25) is 5.71 Å². The predicted molar refractivity (Wildman–Crippen MR) is 214 cm³/mol. The highest BCUT2D eigenvalue weighted by atomic mass is 35.5. The SMILES string of the molecule is CCCCCc1ccc(-c2cc3cn([C@H]4C[C@H](OC(=O)CCl)[C@@H](COC(=O)C(NC(=O)OCC5c6ccccc6-c6ccccc65)C(C)C)O4)c(=O)nc3o2)cc1. The molecule has 0 spiro atoms. The second-order valence-corrected chi connectivity index (χ2v) is 15.1. The number of hydrogen-bond donors (Lipinski definition) is 1. The molecule has 1 saturated heterocycles. The number of nitrogens with one attached hydrogen (secondary N) is 1. The van der Waals surface area contributed by atoms with E-state index in [0.29, 0.717) is 11.1 Å². The molecule has 1 unspecified atom stereocenters. The number of alkyl halides is 1. The van der Waals surface area contributed by atoms with Crippen LogP contribution in [-0.4, -0.2) is 64.9 Å². The van der Waals surface area contributed by atoms with E-state index in [2.05, 4.69) is 41.5 Å². The number of halogens is 1. The van der Waals surface area contributed by atoms with Gasteiger partial charge < -0.3 is 28.7 Å². The van der Waals surface area contributed by atoms with Gasteiger partial charge in [-0.3, -0.25) is 9.36 Å². The zero-order valence-electron chi connectivity index (χ0n) is 32.2. The normalized spacial score (nSPS) is 17.9. The van der Waals surface area contributed by atoms with Gasteiger partial charge in [0, 0.05) is 24.1 Å². The van der Waals surface area contributed by atoms with Gasteiger partial charge in [0.25, 0.3) is 0 Å². The van der Waals surface area contributed by atoms with Gasteiger partial charge in [-0.25, -0.2) is 14.4 Å². The molecular formula is C44H46ClN3O9. The highest BCUT2D eigenvalue weighted by Gasteiger charge is 2.41. The molecule has 57 heavy (non-hydrogen) atoms. The van der Waals surface area contributed by atoms with E-state index in [1.165, 1.54) is 16.6 Å². The third kappa shape index (κ3) is 8.92. The number of hydrogen-bond acceptors (Lipinski definition) is 10. The lowest BCUT2D eigenvalue weighted by Crippen LogP contribution is -2.46. The summed E-state index contributed by atoms with van der Waals surface area (Å²) in [5, 5.41) is 3.23. The Bertz CT molecular complexity index is 2240. The van der Waals surface area contributed by atoms with Crippen LogP contribution in [0.3, 0.4) is 0 Å². The molecule has 5 aromatic rings. The number of furan rings is 1.